The van der Waals surface area contributed by atoms with Crippen LogP contribution >= 0.6 is 0 Å². The molecule has 15 heavy (non-hydrogen) atoms. The zero-order valence-corrected chi connectivity index (χ0v) is 9.12. The van der Waals surface area contributed by atoms with E-state index < -0.39 is 5.60 Å². The first-order valence-electron chi connectivity index (χ1n) is 5.53. The molecule has 5 nitrogen and oxygen atoms in total. The lowest BCUT2D eigenvalue weighted by molar-refractivity contribution is -0.0593. The Morgan fingerprint density at radius 2 is 2.33 bits per heavy atom. The van der Waals surface area contributed by atoms with Crippen molar-refractivity contribution in [1.29, 1.82) is 0 Å². The topological polar surface area (TPSA) is 65.9 Å². The van der Waals surface area contributed by atoms with Crippen molar-refractivity contribution < 1.29 is 9.84 Å². The van der Waals surface area contributed by atoms with E-state index in [-0.39, 0.29) is 0 Å². The van der Waals surface area contributed by atoms with Crippen molar-refractivity contribution >= 4 is 5.96 Å². The van der Waals surface area contributed by atoms with Gasteiger partial charge in [-0.05, 0) is 6.92 Å². The first kappa shape index (κ1) is 10.7. The third-order valence-electron chi connectivity index (χ3n) is 2.91. The number of aliphatic hydroxyl groups is 1. The molecule has 1 unspecified atom stereocenters. The summed E-state index contributed by atoms with van der Waals surface area (Å²) in [7, 11) is 0. The van der Waals surface area contributed by atoms with Gasteiger partial charge in [0.05, 0.1) is 12.1 Å². The maximum atomic E-state index is 10.2. The molecular weight excluding hydrogens is 194 g/mol. The van der Waals surface area contributed by atoms with Gasteiger partial charge in [0.2, 0.25) is 0 Å². The van der Waals surface area contributed by atoms with Crippen LogP contribution in [0.3, 0.4) is 0 Å². The number of hydrogen-bond acceptors (Lipinski definition) is 5. The molecule has 1 atom stereocenters. The molecule has 2 heterocycles. The average molecular weight is 213 g/mol. The van der Waals surface area contributed by atoms with Gasteiger partial charge in [-0.25, -0.2) is 0 Å². The van der Waals surface area contributed by atoms with Crippen LogP contribution in [0.1, 0.15) is 19.8 Å². The predicted octanol–water partition coefficient (Wildman–Crippen LogP) is -0.535. The van der Waals surface area contributed by atoms with Gasteiger partial charge in [-0.3, -0.25) is 4.99 Å². The van der Waals surface area contributed by atoms with Gasteiger partial charge < -0.3 is 20.5 Å². The molecule has 0 spiro atoms. The molecule has 5 heteroatoms. The predicted molar refractivity (Wildman–Crippen MR) is 57.9 cm³/mol. The zero-order chi connectivity index (χ0) is 10.7. The number of nitrogens with zero attached hydrogens (tertiary/aromatic N) is 1. The molecule has 3 N–H and O–H groups in total. The van der Waals surface area contributed by atoms with Crippen molar-refractivity contribution in [3.05, 3.63) is 0 Å². The highest BCUT2D eigenvalue weighted by atomic mass is 16.5. The SMILES string of the molecule is CC1CN=C(NCC2(O)CCOCC2)N1. The summed E-state index contributed by atoms with van der Waals surface area (Å²) in [6.07, 6.45) is 1.39. The summed E-state index contributed by atoms with van der Waals surface area (Å²) in [5.41, 5.74) is -0.631. The van der Waals surface area contributed by atoms with Crippen LogP contribution in [-0.2, 0) is 4.74 Å². The minimum absolute atomic E-state index is 0.400. The molecule has 0 radical (unpaired) electrons. The maximum Gasteiger partial charge on any atom is 0.191 e. The summed E-state index contributed by atoms with van der Waals surface area (Å²) in [6, 6.07) is 0.400. The quantitative estimate of drug-likeness (QED) is 0.576. The van der Waals surface area contributed by atoms with Gasteiger partial charge in [0, 0.05) is 38.6 Å². The molecular formula is C10H19N3O2. The van der Waals surface area contributed by atoms with Crippen molar-refractivity contribution in [2.45, 2.75) is 31.4 Å². The third-order valence-corrected chi connectivity index (χ3v) is 2.91. The minimum Gasteiger partial charge on any atom is -0.388 e. The Hall–Kier alpha value is -0.810. The molecule has 86 valence electrons. The van der Waals surface area contributed by atoms with Gasteiger partial charge in [-0.2, -0.15) is 0 Å². The molecule has 0 bridgehead atoms. The number of guanidine groups is 1. The maximum absolute atomic E-state index is 10.2. The van der Waals surface area contributed by atoms with Gasteiger partial charge in [0.15, 0.2) is 5.96 Å². The summed E-state index contributed by atoms with van der Waals surface area (Å²) >= 11 is 0. The molecule has 0 aliphatic carbocycles. The zero-order valence-electron chi connectivity index (χ0n) is 9.12. The fourth-order valence-corrected chi connectivity index (χ4v) is 1.84. The van der Waals surface area contributed by atoms with Crippen LogP contribution in [0.25, 0.3) is 0 Å². The van der Waals surface area contributed by atoms with Crippen molar-refractivity contribution in [2.75, 3.05) is 26.3 Å². The minimum atomic E-state index is -0.631. The van der Waals surface area contributed by atoms with Gasteiger partial charge >= 0.3 is 0 Å². The molecule has 0 amide bonds. The number of hydrogen-bond donors (Lipinski definition) is 3. The number of aliphatic imine (C=N–C) groups is 1. The normalized spacial score (nSPS) is 29.5. The van der Waals surface area contributed by atoms with E-state index in [0.29, 0.717) is 38.6 Å². The van der Waals surface area contributed by atoms with Crippen LogP contribution < -0.4 is 10.6 Å². The molecule has 1 fully saturated rings. The lowest BCUT2D eigenvalue weighted by atomic mass is 9.94. The Morgan fingerprint density at radius 3 is 2.93 bits per heavy atom. The van der Waals surface area contributed by atoms with E-state index in [9.17, 15) is 5.11 Å². The molecule has 0 saturated carbocycles. The molecule has 0 aromatic heterocycles. The van der Waals surface area contributed by atoms with E-state index in [2.05, 4.69) is 22.5 Å². The van der Waals surface area contributed by atoms with Gasteiger partial charge in [0.1, 0.15) is 0 Å². The smallest absolute Gasteiger partial charge is 0.191 e. The summed E-state index contributed by atoms with van der Waals surface area (Å²) in [5, 5.41) is 16.5. The van der Waals surface area contributed by atoms with Crippen LogP contribution in [0.4, 0.5) is 0 Å². The number of rotatable bonds is 2. The van der Waals surface area contributed by atoms with Gasteiger partial charge in [0.25, 0.3) is 0 Å². The Labute approximate surface area is 89.9 Å². The molecule has 0 aromatic rings. The highest BCUT2D eigenvalue weighted by Crippen LogP contribution is 2.19. The monoisotopic (exact) mass is 213 g/mol. The molecule has 2 aliphatic heterocycles. The Kier molecular flexibility index (Phi) is 3.11. The van der Waals surface area contributed by atoms with Crippen LogP contribution in [0, 0.1) is 0 Å². The van der Waals surface area contributed by atoms with Crippen molar-refractivity contribution in [1.82, 2.24) is 10.6 Å². The van der Waals surface area contributed by atoms with E-state index >= 15 is 0 Å². The fraction of sp³-hybridized carbons (Fsp3) is 0.900. The second-order valence-corrected chi connectivity index (χ2v) is 4.42. The largest absolute Gasteiger partial charge is 0.388 e. The first-order valence-corrected chi connectivity index (χ1v) is 5.53. The van der Waals surface area contributed by atoms with Crippen LogP contribution in [0.5, 0.6) is 0 Å². The van der Waals surface area contributed by atoms with Crippen LogP contribution in [0.15, 0.2) is 4.99 Å². The van der Waals surface area contributed by atoms with E-state index in [0.717, 1.165) is 12.5 Å². The Morgan fingerprint density at radius 1 is 1.60 bits per heavy atom. The van der Waals surface area contributed by atoms with Gasteiger partial charge in [-0.15, -0.1) is 0 Å². The standard InChI is InChI=1S/C10H19N3O2/c1-8-6-11-9(13-8)12-7-10(14)2-4-15-5-3-10/h8,14H,2-7H2,1H3,(H2,11,12,13). The third kappa shape index (κ3) is 2.82. The summed E-state index contributed by atoms with van der Waals surface area (Å²) < 4.78 is 5.22. The van der Waals surface area contributed by atoms with Gasteiger partial charge in [-0.1, -0.05) is 0 Å². The molecule has 1 saturated heterocycles. The second kappa shape index (κ2) is 4.37. The average Bonchev–Trinajstić information content (AvgIpc) is 2.63. The van der Waals surface area contributed by atoms with E-state index in [1.807, 2.05) is 0 Å². The highest BCUT2D eigenvalue weighted by Gasteiger charge is 2.30. The first-order chi connectivity index (χ1) is 7.18. The molecule has 2 rings (SSSR count). The molecule has 2 aliphatic rings. The number of ether oxygens (including phenoxy) is 1. The van der Waals surface area contributed by atoms with Crippen molar-refractivity contribution in [2.24, 2.45) is 4.99 Å². The van der Waals surface area contributed by atoms with Crippen molar-refractivity contribution in [3.8, 4) is 0 Å². The summed E-state index contributed by atoms with van der Waals surface area (Å²) in [6.45, 7) is 4.74. The highest BCUT2D eigenvalue weighted by molar-refractivity contribution is 5.81. The Bertz CT molecular complexity index is 249. The Balaban J connectivity index is 1.77. The molecule has 0 aromatic carbocycles. The lowest BCUT2D eigenvalue weighted by Crippen LogP contribution is -2.49. The lowest BCUT2D eigenvalue weighted by Gasteiger charge is -2.32. The summed E-state index contributed by atoms with van der Waals surface area (Å²) in [5.74, 6) is 0.808. The van der Waals surface area contributed by atoms with Crippen LogP contribution in [0.2, 0.25) is 0 Å². The number of nitrogens with one attached hydrogen (secondary N) is 2. The van der Waals surface area contributed by atoms with E-state index in [1.54, 1.807) is 0 Å². The summed E-state index contributed by atoms with van der Waals surface area (Å²) in [4.78, 5) is 4.28. The van der Waals surface area contributed by atoms with E-state index in [1.165, 1.54) is 0 Å². The van der Waals surface area contributed by atoms with Crippen molar-refractivity contribution in [3.63, 3.8) is 0 Å². The second-order valence-electron chi connectivity index (χ2n) is 4.42. The van der Waals surface area contributed by atoms with Crippen LogP contribution in [-0.4, -0.2) is 49.0 Å². The fourth-order valence-electron chi connectivity index (χ4n) is 1.84. The van der Waals surface area contributed by atoms with E-state index in [4.69, 9.17) is 4.74 Å².